The average Bonchev–Trinajstić information content (AvgIpc) is 3.11. The third kappa shape index (κ3) is 4.23. The van der Waals surface area contributed by atoms with Crippen LogP contribution in [-0.4, -0.2) is 24.2 Å². The number of carbonyl (C=O) groups is 1. The third-order valence-corrected chi connectivity index (χ3v) is 5.31. The minimum atomic E-state index is -0.188. The molecule has 4 heteroatoms. The van der Waals surface area contributed by atoms with Gasteiger partial charge in [0.25, 0.3) is 0 Å². The monoisotopic (exact) mass is 398 g/mol. The molecule has 1 heterocycles. The smallest absolute Gasteiger partial charge is 0.310 e. The summed E-state index contributed by atoms with van der Waals surface area (Å²) in [6.45, 7) is 2.97. The zero-order valence-corrected chi connectivity index (χ0v) is 17.4. The van der Waals surface area contributed by atoms with E-state index in [1.807, 2.05) is 37.3 Å². The van der Waals surface area contributed by atoms with Gasteiger partial charge in [0.05, 0.1) is 13.0 Å². The van der Waals surface area contributed by atoms with Crippen LogP contribution in [0.5, 0.6) is 0 Å². The first-order chi connectivity index (χ1) is 14.7. The van der Waals surface area contributed by atoms with Crippen molar-refractivity contribution in [2.45, 2.75) is 19.9 Å². The Morgan fingerprint density at radius 1 is 0.933 bits per heavy atom. The maximum absolute atomic E-state index is 12.0. The molecule has 0 radical (unpaired) electrons. The van der Waals surface area contributed by atoms with E-state index in [0.29, 0.717) is 6.61 Å². The molecule has 0 saturated heterocycles. The molecule has 0 bridgehead atoms. The first-order valence-electron chi connectivity index (χ1n) is 10.3. The summed E-state index contributed by atoms with van der Waals surface area (Å²) >= 11 is 0. The van der Waals surface area contributed by atoms with E-state index in [2.05, 4.69) is 71.2 Å². The summed E-state index contributed by atoms with van der Waals surface area (Å²) in [5.41, 5.74) is 5.62. The van der Waals surface area contributed by atoms with Gasteiger partial charge in [0, 0.05) is 42.1 Å². The Bertz CT molecular complexity index is 1150. The highest BCUT2D eigenvalue weighted by Gasteiger charge is 2.13. The van der Waals surface area contributed by atoms with Gasteiger partial charge < -0.3 is 14.2 Å². The minimum absolute atomic E-state index is 0.188. The number of hydrogen-bond donors (Lipinski definition) is 0. The normalized spacial score (nSPS) is 10.9. The maximum atomic E-state index is 12.0. The van der Waals surface area contributed by atoms with Crippen molar-refractivity contribution in [3.05, 3.63) is 96.2 Å². The van der Waals surface area contributed by atoms with Crippen LogP contribution in [0.2, 0.25) is 0 Å². The maximum Gasteiger partial charge on any atom is 0.310 e. The fourth-order valence-electron chi connectivity index (χ4n) is 3.82. The van der Waals surface area contributed by atoms with Crippen LogP contribution in [0.1, 0.15) is 18.1 Å². The van der Waals surface area contributed by atoms with Crippen LogP contribution in [-0.2, 0) is 22.5 Å². The van der Waals surface area contributed by atoms with Crippen molar-refractivity contribution in [1.82, 2.24) is 4.57 Å². The number of benzene rings is 3. The van der Waals surface area contributed by atoms with E-state index in [9.17, 15) is 4.79 Å². The number of nitrogens with zero attached hydrogens (tertiary/aromatic N) is 2. The van der Waals surface area contributed by atoms with Gasteiger partial charge in [-0.25, -0.2) is 0 Å². The highest BCUT2D eigenvalue weighted by Crippen LogP contribution is 2.26. The molecule has 0 aliphatic heterocycles. The van der Waals surface area contributed by atoms with Gasteiger partial charge in [0.2, 0.25) is 0 Å². The zero-order valence-electron chi connectivity index (χ0n) is 17.4. The SMILES string of the molecule is CCOC(=O)Cc1cn(Cc2cccc(N(C)c3ccccc3)c2)c2ccccc12. The van der Waals surface area contributed by atoms with Gasteiger partial charge in [0.15, 0.2) is 0 Å². The van der Waals surface area contributed by atoms with Gasteiger partial charge in [-0.05, 0) is 48.4 Å². The largest absolute Gasteiger partial charge is 0.466 e. The number of esters is 1. The fourth-order valence-corrected chi connectivity index (χ4v) is 3.82. The summed E-state index contributed by atoms with van der Waals surface area (Å²) in [5.74, 6) is -0.188. The number of para-hydroxylation sites is 2. The Morgan fingerprint density at radius 2 is 1.67 bits per heavy atom. The van der Waals surface area contributed by atoms with Crippen molar-refractivity contribution in [3.63, 3.8) is 0 Å². The van der Waals surface area contributed by atoms with E-state index in [1.165, 1.54) is 5.56 Å². The molecular weight excluding hydrogens is 372 g/mol. The number of rotatable bonds is 7. The van der Waals surface area contributed by atoms with Crippen molar-refractivity contribution in [2.75, 3.05) is 18.6 Å². The van der Waals surface area contributed by atoms with Gasteiger partial charge in [-0.15, -0.1) is 0 Å². The first-order valence-corrected chi connectivity index (χ1v) is 10.3. The van der Waals surface area contributed by atoms with Crippen LogP contribution >= 0.6 is 0 Å². The summed E-state index contributed by atoms with van der Waals surface area (Å²) in [7, 11) is 2.08. The lowest BCUT2D eigenvalue weighted by Crippen LogP contribution is -2.10. The number of ether oxygens (including phenoxy) is 1. The van der Waals surface area contributed by atoms with Gasteiger partial charge in [0.1, 0.15) is 0 Å². The number of aromatic nitrogens is 1. The lowest BCUT2D eigenvalue weighted by molar-refractivity contribution is -0.142. The van der Waals surface area contributed by atoms with Crippen LogP contribution < -0.4 is 4.90 Å². The van der Waals surface area contributed by atoms with Crippen LogP contribution in [0, 0.1) is 0 Å². The predicted molar refractivity (Wildman–Crippen MR) is 122 cm³/mol. The molecule has 4 aromatic rings. The van der Waals surface area contributed by atoms with Gasteiger partial charge in [-0.3, -0.25) is 4.79 Å². The van der Waals surface area contributed by atoms with Crippen molar-refractivity contribution >= 4 is 28.2 Å². The van der Waals surface area contributed by atoms with Crippen LogP contribution in [0.3, 0.4) is 0 Å². The summed E-state index contributed by atoms with van der Waals surface area (Å²) in [4.78, 5) is 14.2. The van der Waals surface area contributed by atoms with Crippen molar-refractivity contribution in [1.29, 1.82) is 0 Å². The van der Waals surface area contributed by atoms with Crippen molar-refractivity contribution < 1.29 is 9.53 Å². The van der Waals surface area contributed by atoms with Gasteiger partial charge in [-0.1, -0.05) is 48.5 Å². The average molecular weight is 399 g/mol. The molecule has 0 fully saturated rings. The fraction of sp³-hybridized carbons (Fsp3) is 0.192. The molecule has 0 unspecified atom stereocenters. The predicted octanol–water partition coefficient (Wildman–Crippen LogP) is 5.56. The topological polar surface area (TPSA) is 34.5 Å². The van der Waals surface area contributed by atoms with Crippen LogP contribution in [0.15, 0.2) is 85.1 Å². The quantitative estimate of drug-likeness (QED) is 0.382. The van der Waals surface area contributed by atoms with Gasteiger partial charge >= 0.3 is 5.97 Å². The van der Waals surface area contributed by atoms with Crippen molar-refractivity contribution in [2.24, 2.45) is 0 Å². The molecule has 0 aliphatic carbocycles. The Morgan fingerprint density at radius 3 is 2.47 bits per heavy atom. The molecule has 4 rings (SSSR count). The number of carbonyl (C=O) groups excluding carboxylic acids is 1. The molecular formula is C26H26N2O2. The van der Waals surface area contributed by atoms with E-state index in [4.69, 9.17) is 4.74 Å². The molecule has 0 amide bonds. The minimum Gasteiger partial charge on any atom is -0.466 e. The zero-order chi connectivity index (χ0) is 20.9. The highest BCUT2D eigenvalue weighted by atomic mass is 16.5. The molecule has 0 saturated carbocycles. The van der Waals surface area contributed by atoms with E-state index >= 15 is 0 Å². The van der Waals surface area contributed by atoms with E-state index in [0.717, 1.165) is 34.4 Å². The van der Waals surface area contributed by atoms with E-state index in [-0.39, 0.29) is 12.4 Å². The highest BCUT2D eigenvalue weighted by molar-refractivity contribution is 5.88. The molecule has 152 valence electrons. The molecule has 4 nitrogen and oxygen atoms in total. The third-order valence-electron chi connectivity index (χ3n) is 5.31. The second-order valence-corrected chi connectivity index (χ2v) is 7.35. The Balaban J connectivity index is 1.62. The summed E-state index contributed by atoms with van der Waals surface area (Å²) in [6, 6.07) is 27.1. The summed E-state index contributed by atoms with van der Waals surface area (Å²) in [5, 5.41) is 1.10. The second-order valence-electron chi connectivity index (χ2n) is 7.35. The molecule has 30 heavy (non-hydrogen) atoms. The Kier molecular flexibility index (Phi) is 5.84. The van der Waals surface area contributed by atoms with Gasteiger partial charge in [-0.2, -0.15) is 0 Å². The van der Waals surface area contributed by atoms with Crippen LogP contribution in [0.4, 0.5) is 11.4 Å². The van der Waals surface area contributed by atoms with E-state index in [1.54, 1.807) is 0 Å². The number of fused-ring (bicyclic) bond motifs is 1. The Hall–Kier alpha value is -3.53. The Labute approximate surface area is 177 Å². The molecule has 0 spiro atoms. The molecule has 0 N–H and O–H groups in total. The number of hydrogen-bond acceptors (Lipinski definition) is 3. The number of anilines is 2. The van der Waals surface area contributed by atoms with Crippen molar-refractivity contribution in [3.8, 4) is 0 Å². The lowest BCUT2D eigenvalue weighted by Gasteiger charge is -2.20. The summed E-state index contributed by atoms with van der Waals surface area (Å²) in [6.07, 6.45) is 2.37. The molecule has 3 aromatic carbocycles. The lowest BCUT2D eigenvalue weighted by atomic mass is 10.1. The molecule has 1 aromatic heterocycles. The van der Waals surface area contributed by atoms with Crippen LogP contribution in [0.25, 0.3) is 10.9 Å². The molecule has 0 atom stereocenters. The summed E-state index contributed by atoms with van der Waals surface area (Å²) < 4.78 is 7.37. The first kappa shape index (κ1) is 19.8. The molecule has 0 aliphatic rings. The standard InChI is InChI=1S/C26H26N2O2/c1-3-30-26(29)17-21-19-28(25-15-8-7-14-24(21)25)18-20-10-9-13-23(16-20)27(2)22-11-5-4-6-12-22/h4-16,19H,3,17-18H2,1-2H3. The second kappa shape index (κ2) is 8.87. The van der Waals surface area contributed by atoms with E-state index < -0.39 is 0 Å².